The highest BCUT2D eigenvalue weighted by Crippen LogP contribution is 2.28. The fraction of sp³-hybridized carbons (Fsp3) is 0.333. The number of rotatable bonds is 10. The van der Waals surface area contributed by atoms with Gasteiger partial charge in [-0.15, -0.1) is 0 Å². The molecule has 3 heterocycles. The van der Waals surface area contributed by atoms with E-state index < -0.39 is 11.9 Å². The van der Waals surface area contributed by atoms with Crippen LogP contribution in [0.4, 0.5) is 15.9 Å². The molecule has 1 atom stereocenters. The Balaban J connectivity index is 1.29. The molecule has 10 heteroatoms. The Morgan fingerprint density at radius 1 is 1.05 bits per heavy atom. The molecule has 2 aliphatic rings. The highest BCUT2D eigenvalue weighted by Gasteiger charge is 2.44. The minimum Gasteiger partial charge on any atom is -0.495 e. The van der Waals surface area contributed by atoms with E-state index in [1.54, 1.807) is 17.0 Å². The van der Waals surface area contributed by atoms with E-state index in [2.05, 4.69) is 39.5 Å². The second-order valence-electron chi connectivity index (χ2n) is 10.0. The summed E-state index contributed by atoms with van der Waals surface area (Å²) in [6, 6.07) is 16.7. The molecule has 2 aliphatic heterocycles. The maximum Gasteiger partial charge on any atom is 0.256 e. The molecule has 40 heavy (non-hydrogen) atoms. The topological polar surface area (TPSA) is 78.0 Å². The summed E-state index contributed by atoms with van der Waals surface area (Å²) in [6.45, 7) is 3.71. The fourth-order valence-corrected chi connectivity index (χ4v) is 5.53. The largest absolute Gasteiger partial charge is 0.495 e. The summed E-state index contributed by atoms with van der Waals surface area (Å²) in [6.07, 6.45) is 4.56. The van der Waals surface area contributed by atoms with Crippen molar-refractivity contribution in [2.45, 2.75) is 38.3 Å². The van der Waals surface area contributed by atoms with E-state index in [0.29, 0.717) is 35.3 Å². The van der Waals surface area contributed by atoms with Crippen molar-refractivity contribution in [1.82, 2.24) is 14.8 Å². The first-order valence-corrected chi connectivity index (χ1v) is 13.8. The molecule has 0 saturated carbocycles. The van der Waals surface area contributed by atoms with E-state index in [9.17, 15) is 14.0 Å². The first-order chi connectivity index (χ1) is 19.4. The maximum atomic E-state index is 13.6. The van der Waals surface area contributed by atoms with Crippen molar-refractivity contribution in [3.63, 3.8) is 0 Å². The highest BCUT2D eigenvalue weighted by molar-refractivity contribution is 7.80. The number of aromatic nitrogens is 1. The van der Waals surface area contributed by atoms with Crippen LogP contribution in [0.15, 0.2) is 66.9 Å². The quantitative estimate of drug-likeness (QED) is 0.368. The number of benzene rings is 2. The van der Waals surface area contributed by atoms with Crippen LogP contribution in [0.3, 0.4) is 0 Å². The molecule has 8 nitrogen and oxygen atoms in total. The van der Waals surface area contributed by atoms with Crippen LogP contribution in [0.2, 0.25) is 0 Å². The van der Waals surface area contributed by atoms with Crippen LogP contribution in [0, 0.1) is 5.82 Å². The fourth-order valence-electron chi connectivity index (χ4n) is 5.12. The van der Waals surface area contributed by atoms with Gasteiger partial charge in [-0.2, -0.15) is 0 Å². The number of methoxy groups -OCH3 is 1. The number of hydrogen-bond donors (Lipinski definition) is 1. The zero-order valence-corrected chi connectivity index (χ0v) is 23.2. The van der Waals surface area contributed by atoms with Gasteiger partial charge in [-0.1, -0.05) is 24.3 Å². The van der Waals surface area contributed by atoms with E-state index in [-0.39, 0.29) is 18.2 Å². The molecular formula is C30H32FN5O3S. The number of halogens is 1. The Morgan fingerprint density at radius 3 is 2.40 bits per heavy atom. The number of likely N-dealkylation sites (tertiary alicyclic amines) is 1. The van der Waals surface area contributed by atoms with Gasteiger partial charge in [-0.25, -0.2) is 9.37 Å². The summed E-state index contributed by atoms with van der Waals surface area (Å²) in [5.74, 6) is -0.171. The van der Waals surface area contributed by atoms with Gasteiger partial charge in [-0.05, 0) is 92.1 Å². The number of nitrogens with zero attached hydrogens (tertiary/aromatic N) is 4. The Kier molecular flexibility index (Phi) is 8.66. The van der Waals surface area contributed by atoms with Crippen LogP contribution in [0.25, 0.3) is 0 Å². The highest BCUT2D eigenvalue weighted by atomic mass is 32.1. The van der Waals surface area contributed by atoms with E-state index in [0.717, 1.165) is 25.2 Å². The second-order valence-corrected chi connectivity index (χ2v) is 10.4. The van der Waals surface area contributed by atoms with Crippen molar-refractivity contribution in [1.29, 1.82) is 0 Å². The van der Waals surface area contributed by atoms with E-state index in [1.165, 1.54) is 60.9 Å². The molecule has 0 bridgehead atoms. The Hall–Kier alpha value is -3.89. The normalized spacial score (nSPS) is 17.5. The molecule has 1 unspecified atom stereocenters. The van der Waals surface area contributed by atoms with Gasteiger partial charge in [0.25, 0.3) is 5.91 Å². The average molecular weight is 562 g/mol. The molecule has 2 fully saturated rings. The summed E-state index contributed by atoms with van der Waals surface area (Å²) < 4.78 is 18.7. The molecular weight excluding hydrogens is 529 g/mol. The molecule has 5 rings (SSSR count). The van der Waals surface area contributed by atoms with Crippen molar-refractivity contribution >= 4 is 40.6 Å². The molecule has 208 valence electrons. The SMILES string of the molecule is COc1ccc(NC(=O)CC2C(=O)N(c3ccc(F)cc3)C(=S)N2CCc2ccc(CN3CCCC3)cc2)nc1. The summed E-state index contributed by atoms with van der Waals surface area (Å²) >= 11 is 5.73. The third-order valence-corrected chi connectivity index (χ3v) is 7.71. The Labute approximate surface area is 238 Å². The molecule has 2 aromatic carbocycles. The minimum absolute atomic E-state index is 0.112. The van der Waals surface area contributed by atoms with Gasteiger partial charge in [0.2, 0.25) is 5.91 Å². The summed E-state index contributed by atoms with van der Waals surface area (Å²) in [4.78, 5) is 36.4. The average Bonchev–Trinajstić information content (AvgIpc) is 3.55. The number of amides is 2. The molecule has 0 radical (unpaired) electrons. The standard InChI is InChI=1S/C30H32FN5O3S/c1-39-25-12-13-27(32-19-25)33-28(37)18-26-29(38)36(24-10-8-23(31)9-11-24)30(40)35(26)17-14-21-4-6-22(7-5-21)20-34-15-2-3-16-34/h4-13,19,26H,2-3,14-18,20H2,1H3,(H,32,33,37). The first kappa shape index (κ1) is 27.7. The lowest BCUT2D eigenvalue weighted by Gasteiger charge is -2.24. The van der Waals surface area contributed by atoms with E-state index in [1.807, 2.05) is 0 Å². The summed E-state index contributed by atoms with van der Waals surface area (Å²) in [5, 5.41) is 3.04. The van der Waals surface area contributed by atoms with Gasteiger partial charge in [0.15, 0.2) is 5.11 Å². The zero-order chi connectivity index (χ0) is 28.1. The number of hydrogen-bond acceptors (Lipinski definition) is 6. The van der Waals surface area contributed by atoms with Crippen LogP contribution in [-0.4, -0.2) is 64.5 Å². The number of pyridine rings is 1. The lowest BCUT2D eigenvalue weighted by atomic mass is 10.1. The third kappa shape index (κ3) is 6.46. The number of nitrogens with one attached hydrogen (secondary N) is 1. The van der Waals surface area contributed by atoms with E-state index in [4.69, 9.17) is 17.0 Å². The number of ether oxygens (including phenoxy) is 1. The Bertz CT molecular complexity index is 1350. The van der Waals surface area contributed by atoms with Gasteiger partial charge in [0.05, 0.1) is 25.4 Å². The molecule has 1 N–H and O–H groups in total. The molecule has 3 aromatic rings. The summed E-state index contributed by atoms with van der Waals surface area (Å²) in [5.41, 5.74) is 2.86. The number of carbonyl (C=O) groups is 2. The zero-order valence-electron chi connectivity index (χ0n) is 22.4. The van der Waals surface area contributed by atoms with Gasteiger partial charge in [-0.3, -0.25) is 19.4 Å². The van der Waals surface area contributed by atoms with E-state index >= 15 is 0 Å². The van der Waals surface area contributed by atoms with Crippen molar-refractivity contribution < 1.29 is 18.7 Å². The monoisotopic (exact) mass is 561 g/mol. The van der Waals surface area contributed by atoms with Crippen LogP contribution in [-0.2, 0) is 22.6 Å². The second kappa shape index (κ2) is 12.5. The van der Waals surface area contributed by atoms with Crippen LogP contribution >= 0.6 is 12.2 Å². The lowest BCUT2D eigenvalue weighted by molar-refractivity contribution is -0.124. The van der Waals surface area contributed by atoms with Gasteiger partial charge >= 0.3 is 0 Å². The third-order valence-electron chi connectivity index (χ3n) is 7.29. The van der Waals surface area contributed by atoms with Gasteiger partial charge < -0.3 is 15.0 Å². The van der Waals surface area contributed by atoms with Crippen molar-refractivity contribution in [2.75, 3.05) is 37.0 Å². The summed E-state index contributed by atoms with van der Waals surface area (Å²) in [7, 11) is 1.54. The lowest BCUT2D eigenvalue weighted by Crippen LogP contribution is -2.39. The molecule has 2 saturated heterocycles. The Morgan fingerprint density at radius 2 is 1.75 bits per heavy atom. The van der Waals surface area contributed by atoms with Crippen LogP contribution in [0.1, 0.15) is 30.4 Å². The maximum absolute atomic E-state index is 13.6. The number of anilines is 2. The van der Waals surface area contributed by atoms with Gasteiger partial charge in [0.1, 0.15) is 23.4 Å². The van der Waals surface area contributed by atoms with Crippen molar-refractivity contribution in [2.24, 2.45) is 0 Å². The first-order valence-electron chi connectivity index (χ1n) is 13.4. The predicted molar refractivity (Wildman–Crippen MR) is 156 cm³/mol. The van der Waals surface area contributed by atoms with Crippen LogP contribution in [0.5, 0.6) is 5.75 Å². The van der Waals surface area contributed by atoms with Gasteiger partial charge in [0, 0.05) is 13.1 Å². The predicted octanol–water partition coefficient (Wildman–Crippen LogP) is 4.40. The van der Waals surface area contributed by atoms with Crippen LogP contribution < -0.4 is 15.0 Å². The molecule has 0 spiro atoms. The smallest absolute Gasteiger partial charge is 0.256 e. The van der Waals surface area contributed by atoms with Crippen molar-refractivity contribution in [3.05, 3.63) is 83.8 Å². The number of thiocarbonyl (C=S) groups is 1. The number of carbonyl (C=O) groups excluding carboxylic acids is 2. The minimum atomic E-state index is -0.801. The molecule has 0 aliphatic carbocycles. The molecule has 2 amide bonds. The van der Waals surface area contributed by atoms with Crippen molar-refractivity contribution in [3.8, 4) is 5.75 Å². The molecule has 1 aromatic heterocycles.